The van der Waals surface area contributed by atoms with Crippen molar-refractivity contribution in [1.82, 2.24) is 4.90 Å². The summed E-state index contributed by atoms with van der Waals surface area (Å²) < 4.78 is 0. The second-order valence-corrected chi connectivity index (χ2v) is 4.90. The second kappa shape index (κ2) is 4.78. The van der Waals surface area contributed by atoms with Crippen LogP contribution in [0.4, 0.5) is 0 Å². The topological polar surface area (TPSA) is 53.1 Å². The molecule has 14 heavy (non-hydrogen) atoms. The Balaban J connectivity index is 2.44. The van der Waals surface area contributed by atoms with E-state index in [-0.39, 0.29) is 0 Å². The van der Waals surface area contributed by atoms with E-state index in [9.17, 15) is 0 Å². The number of rotatable bonds is 6. The van der Waals surface area contributed by atoms with Gasteiger partial charge in [0.2, 0.25) is 0 Å². The Hall–Kier alpha value is -0.570. The van der Waals surface area contributed by atoms with E-state index >= 15 is 0 Å². The first-order valence-electron chi connectivity index (χ1n) is 5.59. The third-order valence-corrected chi connectivity index (χ3v) is 2.67. The van der Waals surface area contributed by atoms with Crippen molar-refractivity contribution in [3.63, 3.8) is 0 Å². The minimum absolute atomic E-state index is 0.312. The van der Waals surface area contributed by atoms with E-state index < -0.39 is 0 Å². The van der Waals surface area contributed by atoms with Crippen LogP contribution in [0.1, 0.15) is 40.0 Å². The molecular formula is C11H23N3. The predicted octanol–water partition coefficient (Wildman–Crippen LogP) is 1.82. The molecule has 1 aliphatic rings. The molecule has 1 aliphatic carbocycles. The van der Waals surface area contributed by atoms with Crippen LogP contribution in [0.25, 0.3) is 0 Å². The largest absolute Gasteiger partial charge is 0.388 e. The van der Waals surface area contributed by atoms with Crippen LogP contribution in [0.3, 0.4) is 0 Å². The lowest BCUT2D eigenvalue weighted by Crippen LogP contribution is -2.40. The fourth-order valence-electron chi connectivity index (χ4n) is 1.95. The average Bonchev–Trinajstić information content (AvgIpc) is 2.80. The zero-order valence-electron chi connectivity index (χ0n) is 9.59. The lowest BCUT2D eigenvalue weighted by Gasteiger charge is -2.30. The van der Waals surface area contributed by atoms with E-state index in [1.54, 1.807) is 0 Å². The van der Waals surface area contributed by atoms with Gasteiger partial charge in [-0.3, -0.25) is 10.3 Å². The van der Waals surface area contributed by atoms with Gasteiger partial charge < -0.3 is 5.73 Å². The van der Waals surface area contributed by atoms with Crippen molar-refractivity contribution < 1.29 is 0 Å². The number of hydrogen-bond donors (Lipinski definition) is 2. The zero-order valence-corrected chi connectivity index (χ0v) is 9.59. The molecule has 0 spiro atoms. The van der Waals surface area contributed by atoms with Gasteiger partial charge in [0.25, 0.3) is 0 Å². The number of nitrogens with one attached hydrogen (secondary N) is 1. The van der Waals surface area contributed by atoms with Gasteiger partial charge in [-0.15, -0.1) is 0 Å². The number of nitrogens with zero attached hydrogens (tertiary/aromatic N) is 1. The highest BCUT2D eigenvalue weighted by Gasteiger charge is 2.32. The molecule has 3 nitrogen and oxygen atoms in total. The van der Waals surface area contributed by atoms with Crippen molar-refractivity contribution in [2.75, 3.05) is 6.54 Å². The van der Waals surface area contributed by atoms with Crippen molar-refractivity contribution in [3.8, 4) is 0 Å². The summed E-state index contributed by atoms with van der Waals surface area (Å²) in [5.74, 6) is 1.01. The van der Waals surface area contributed by atoms with Gasteiger partial charge in [0.05, 0.1) is 5.84 Å². The first-order valence-corrected chi connectivity index (χ1v) is 5.59. The molecule has 0 saturated heterocycles. The Kier molecular flexibility index (Phi) is 3.93. The van der Waals surface area contributed by atoms with Gasteiger partial charge in [0.1, 0.15) is 0 Å². The predicted molar refractivity (Wildman–Crippen MR) is 60.6 cm³/mol. The molecule has 3 N–H and O–H groups in total. The lowest BCUT2D eigenvalue weighted by molar-refractivity contribution is 0.180. The van der Waals surface area contributed by atoms with Crippen molar-refractivity contribution in [3.05, 3.63) is 0 Å². The van der Waals surface area contributed by atoms with Crippen LogP contribution in [0.5, 0.6) is 0 Å². The molecule has 0 bridgehead atoms. The van der Waals surface area contributed by atoms with Crippen molar-refractivity contribution in [1.29, 1.82) is 5.41 Å². The molecule has 0 aromatic heterocycles. The first kappa shape index (κ1) is 11.5. The van der Waals surface area contributed by atoms with Crippen LogP contribution in [0.15, 0.2) is 0 Å². The van der Waals surface area contributed by atoms with Crippen LogP contribution in [-0.4, -0.2) is 29.4 Å². The van der Waals surface area contributed by atoms with E-state index in [1.165, 1.54) is 12.8 Å². The minimum atomic E-state index is 0.312. The van der Waals surface area contributed by atoms with Crippen LogP contribution < -0.4 is 5.73 Å². The Morgan fingerprint density at radius 1 is 1.43 bits per heavy atom. The fraction of sp³-hybridized carbons (Fsp3) is 0.909. The molecule has 1 unspecified atom stereocenters. The first-order chi connectivity index (χ1) is 6.50. The molecule has 1 saturated carbocycles. The molecule has 1 fully saturated rings. The third-order valence-electron chi connectivity index (χ3n) is 2.67. The molecule has 82 valence electrons. The standard InChI is InChI=1S/C11H23N3/c1-8(2)7-14(10-4-5-10)9(3)6-11(12)13/h8-10H,4-7H2,1-3H3,(H3,12,13). The molecule has 3 heteroatoms. The second-order valence-electron chi connectivity index (χ2n) is 4.90. The molecule has 1 rings (SSSR count). The number of amidine groups is 1. The maximum absolute atomic E-state index is 7.31. The normalized spacial score (nSPS) is 18.9. The number of hydrogen-bond acceptors (Lipinski definition) is 2. The Labute approximate surface area is 87.2 Å². The van der Waals surface area contributed by atoms with E-state index in [0.29, 0.717) is 24.2 Å². The lowest BCUT2D eigenvalue weighted by atomic mass is 10.1. The average molecular weight is 197 g/mol. The van der Waals surface area contributed by atoms with Crippen LogP contribution in [0.2, 0.25) is 0 Å². The molecule has 0 aliphatic heterocycles. The molecule has 0 radical (unpaired) electrons. The summed E-state index contributed by atoms with van der Waals surface area (Å²) in [7, 11) is 0. The summed E-state index contributed by atoms with van der Waals surface area (Å²) in [5, 5.41) is 7.31. The highest BCUT2D eigenvalue weighted by atomic mass is 15.2. The van der Waals surface area contributed by atoms with Gasteiger partial charge in [0, 0.05) is 25.0 Å². The Morgan fingerprint density at radius 3 is 2.36 bits per heavy atom. The van der Waals surface area contributed by atoms with Gasteiger partial charge in [-0.25, -0.2) is 0 Å². The highest BCUT2D eigenvalue weighted by molar-refractivity contribution is 5.77. The molecular weight excluding hydrogens is 174 g/mol. The van der Waals surface area contributed by atoms with Gasteiger partial charge in [0.15, 0.2) is 0 Å². The molecule has 0 heterocycles. The van der Waals surface area contributed by atoms with Crippen molar-refractivity contribution in [2.45, 2.75) is 52.1 Å². The molecule has 0 aromatic carbocycles. The van der Waals surface area contributed by atoms with Gasteiger partial charge in [-0.2, -0.15) is 0 Å². The third kappa shape index (κ3) is 3.66. The van der Waals surface area contributed by atoms with Crippen molar-refractivity contribution in [2.24, 2.45) is 11.7 Å². The maximum Gasteiger partial charge on any atom is 0.0920 e. The maximum atomic E-state index is 7.31. The smallest absolute Gasteiger partial charge is 0.0920 e. The monoisotopic (exact) mass is 197 g/mol. The zero-order chi connectivity index (χ0) is 10.7. The summed E-state index contributed by atoms with van der Waals surface area (Å²) in [6.07, 6.45) is 3.37. The van der Waals surface area contributed by atoms with Crippen LogP contribution in [0, 0.1) is 11.3 Å². The van der Waals surface area contributed by atoms with Crippen LogP contribution >= 0.6 is 0 Å². The van der Waals surface area contributed by atoms with E-state index in [2.05, 4.69) is 25.7 Å². The summed E-state index contributed by atoms with van der Waals surface area (Å²) in [6, 6.07) is 1.20. The summed E-state index contributed by atoms with van der Waals surface area (Å²) in [5.41, 5.74) is 5.44. The Bertz CT molecular complexity index is 197. The minimum Gasteiger partial charge on any atom is -0.388 e. The molecule has 0 amide bonds. The van der Waals surface area contributed by atoms with Gasteiger partial charge >= 0.3 is 0 Å². The van der Waals surface area contributed by atoms with Gasteiger partial charge in [-0.1, -0.05) is 13.8 Å². The highest BCUT2D eigenvalue weighted by Crippen LogP contribution is 2.30. The summed E-state index contributed by atoms with van der Waals surface area (Å²) in [4.78, 5) is 2.52. The Morgan fingerprint density at radius 2 is 2.00 bits per heavy atom. The van der Waals surface area contributed by atoms with E-state index in [1.807, 2.05) is 0 Å². The van der Waals surface area contributed by atoms with Gasteiger partial charge in [-0.05, 0) is 25.7 Å². The SMILES string of the molecule is CC(C)CN(C(C)CC(=N)N)C1CC1. The van der Waals surface area contributed by atoms with Crippen molar-refractivity contribution >= 4 is 5.84 Å². The quantitative estimate of drug-likeness (QED) is 0.504. The molecule has 1 atom stereocenters. The summed E-state index contributed by atoms with van der Waals surface area (Å²) >= 11 is 0. The number of nitrogens with two attached hydrogens (primary N) is 1. The molecule has 0 aromatic rings. The fourth-order valence-corrected chi connectivity index (χ4v) is 1.95. The van der Waals surface area contributed by atoms with E-state index in [0.717, 1.165) is 12.6 Å². The van der Waals surface area contributed by atoms with Crippen LogP contribution in [-0.2, 0) is 0 Å². The van der Waals surface area contributed by atoms with E-state index in [4.69, 9.17) is 11.1 Å². The summed E-state index contributed by atoms with van der Waals surface area (Å²) in [6.45, 7) is 7.81.